The summed E-state index contributed by atoms with van der Waals surface area (Å²) >= 11 is 4.12. The van der Waals surface area contributed by atoms with Gasteiger partial charge in [-0.25, -0.2) is 0 Å². The van der Waals surface area contributed by atoms with Gasteiger partial charge in [-0.3, -0.25) is 0 Å². The van der Waals surface area contributed by atoms with E-state index in [1.54, 1.807) is 6.26 Å². The van der Waals surface area contributed by atoms with Crippen LogP contribution in [-0.4, -0.2) is 22.6 Å². The second-order valence-electron chi connectivity index (χ2n) is 3.66. The summed E-state index contributed by atoms with van der Waals surface area (Å²) in [6, 6.07) is 9.97. The summed E-state index contributed by atoms with van der Waals surface area (Å²) in [5.41, 5.74) is 1.19. The van der Waals surface area contributed by atoms with Gasteiger partial charge >= 0.3 is 106 Å². The monoisotopic (exact) mass is 283 g/mol. The molecule has 2 unspecified atom stereocenters. The molecule has 0 saturated heterocycles. The van der Waals surface area contributed by atoms with E-state index < -0.39 is 15.0 Å². The van der Waals surface area contributed by atoms with Crippen molar-refractivity contribution in [3.63, 3.8) is 0 Å². The molecule has 0 fully saturated rings. The topological polar surface area (TPSA) is 37.3 Å². The van der Waals surface area contributed by atoms with Crippen LogP contribution in [0.4, 0.5) is 0 Å². The molecule has 0 amide bonds. The van der Waals surface area contributed by atoms with Gasteiger partial charge in [-0.05, 0) is 0 Å². The van der Waals surface area contributed by atoms with Gasteiger partial charge in [0.05, 0.1) is 0 Å². The maximum atomic E-state index is 11.3. The van der Waals surface area contributed by atoms with Crippen LogP contribution in [0.15, 0.2) is 30.3 Å². The Bertz CT molecular complexity index is 365. The molecule has 0 aliphatic heterocycles. The van der Waals surface area contributed by atoms with Gasteiger partial charge in [0.1, 0.15) is 0 Å². The molecule has 1 N–H and O–H groups in total. The molecule has 1 aromatic rings. The Kier molecular flexibility index (Phi) is 6.12. The number of carbonyl (C=O) groups excluding carboxylic acids is 1. The Balaban J connectivity index is 2.33. The molecule has 91 valence electrons. The maximum absolute atomic E-state index is 11.3. The van der Waals surface area contributed by atoms with Crippen molar-refractivity contribution in [3.05, 3.63) is 35.9 Å². The third kappa shape index (κ3) is 5.16. The van der Waals surface area contributed by atoms with Crippen molar-refractivity contribution in [1.29, 1.82) is 0 Å². The zero-order valence-electron chi connectivity index (χ0n) is 9.18. The Hall–Kier alpha value is -0.294. The van der Waals surface area contributed by atoms with Crippen LogP contribution in [0, 0.1) is 0 Å². The van der Waals surface area contributed by atoms with Crippen LogP contribution < -0.4 is 0 Å². The first-order valence-corrected chi connectivity index (χ1v) is 7.92. The van der Waals surface area contributed by atoms with Crippen LogP contribution in [0.25, 0.3) is 0 Å². The second-order valence-corrected chi connectivity index (χ2v) is 6.85. The van der Waals surface area contributed by atoms with Crippen LogP contribution in [0.1, 0.15) is 18.4 Å². The Labute approximate surface area is 105 Å². The number of hydrogen-bond donors (Lipinski definition) is 1. The molecule has 0 aliphatic carbocycles. The first-order valence-electron chi connectivity index (χ1n) is 5.15. The van der Waals surface area contributed by atoms with E-state index >= 15 is 0 Å². The van der Waals surface area contributed by atoms with Crippen molar-refractivity contribution >= 4 is 14.0 Å². The summed E-state index contributed by atoms with van der Waals surface area (Å²) in [6.07, 6.45) is 2.85. The summed E-state index contributed by atoms with van der Waals surface area (Å²) in [5, 5.41) is 9.71. The quantitative estimate of drug-likeness (QED) is 0.900. The normalized spacial score (nSPS) is 14.4. The summed E-state index contributed by atoms with van der Waals surface area (Å²) in [6.45, 7) is 0. The van der Waals surface area contributed by atoms with Crippen LogP contribution in [0.2, 0.25) is 0 Å². The molecule has 0 saturated carbocycles. The number of aryl methyl sites for hydroxylation is 1. The minimum atomic E-state index is -0.548. The average Bonchev–Trinajstić information content (AvgIpc) is 2.27. The van der Waals surface area contributed by atoms with Gasteiger partial charge in [-0.1, -0.05) is 0 Å². The standard InChI is InChI=1S/C12H16O2S.Co/c1-15-12(14)9-11(13)8-7-10-5-3-2-4-6-10;/h2-6,11,13H,7-9H2,1H3;. The van der Waals surface area contributed by atoms with Crippen molar-refractivity contribution in [2.75, 3.05) is 6.26 Å². The molecule has 2 nitrogen and oxygen atoms in total. The molecule has 1 aromatic carbocycles. The average molecular weight is 283 g/mol. The number of carbonyl (C=O) groups is 1. The first-order chi connectivity index (χ1) is 7.59. The van der Waals surface area contributed by atoms with Crippen molar-refractivity contribution in [2.24, 2.45) is 0 Å². The van der Waals surface area contributed by atoms with Gasteiger partial charge < -0.3 is 0 Å². The van der Waals surface area contributed by atoms with Crippen molar-refractivity contribution in [1.82, 2.24) is 0 Å². The number of benzene rings is 1. The Morgan fingerprint density at radius 1 is 1.44 bits per heavy atom. The summed E-state index contributed by atoms with van der Waals surface area (Å²) in [7, 11) is -0.540. The number of rotatable bonds is 5. The SMILES string of the molecule is C[S](=[Co])C(=O)CC(O)CCc1ccccc1. The predicted molar refractivity (Wildman–Crippen MR) is 63.9 cm³/mol. The number of aliphatic hydroxyl groups is 1. The van der Waals surface area contributed by atoms with Crippen LogP contribution >= 0.6 is 8.87 Å². The molecule has 0 heterocycles. The van der Waals surface area contributed by atoms with Crippen LogP contribution in [0.5, 0.6) is 0 Å². The van der Waals surface area contributed by atoms with E-state index in [1.165, 1.54) is 5.56 Å². The Morgan fingerprint density at radius 3 is 2.62 bits per heavy atom. The number of aliphatic hydroxyl groups excluding tert-OH is 1. The molecule has 0 radical (unpaired) electrons. The molecule has 0 aromatic heterocycles. The van der Waals surface area contributed by atoms with Crippen LogP contribution in [-0.2, 0) is 25.3 Å². The summed E-state index contributed by atoms with van der Waals surface area (Å²) in [4.78, 5) is 11.3. The minimum absolute atomic E-state index is 0.0283. The molecule has 4 heteroatoms. The molecular weight excluding hydrogens is 267 g/mol. The van der Waals surface area contributed by atoms with Crippen molar-refractivity contribution < 1.29 is 24.0 Å². The van der Waals surface area contributed by atoms with E-state index in [1.807, 2.05) is 30.3 Å². The number of hydrogen-bond acceptors (Lipinski definition) is 2. The molecule has 16 heavy (non-hydrogen) atoms. The van der Waals surface area contributed by atoms with Gasteiger partial charge in [0.15, 0.2) is 0 Å². The molecular formula is C12H16CoO2S. The van der Waals surface area contributed by atoms with Crippen molar-refractivity contribution in [2.45, 2.75) is 25.4 Å². The van der Waals surface area contributed by atoms with Crippen LogP contribution in [0.3, 0.4) is 0 Å². The van der Waals surface area contributed by atoms with Crippen molar-refractivity contribution in [3.8, 4) is 0 Å². The molecule has 0 spiro atoms. The fourth-order valence-electron chi connectivity index (χ4n) is 1.38. The van der Waals surface area contributed by atoms with E-state index in [2.05, 4.69) is 14.1 Å². The van der Waals surface area contributed by atoms with Gasteiger partial charge in [0.25, 0.3) is 0 Å². The van der Waals surface area contributed by atoms with E-state index in [9.17, 15) is 9.90 Å². The Morgan fingerprint density at radius 2 is 2.06 bits per heavy atom. The van der Waals surface area contributed by atoms with E-state index in [0.717, 1.165) is 6.42 Å². The van der Waals surface area contributed by atoms with E-state index in [4.69, 9.17) is 0 Å². The van der Waals surface area contributed by atoms with Gasteiger partial charge in [0, 0.05) is 0 Å². The fourth-order valence-corrected chi connectivity index (χ4v) is 2.06. The van der Waals surface area contributed by atoms with E-state index in [-0.39, 0.29) is 11.5 Å². The van der Waals surface area contributed by atoms with E-state index in [0.29, 0.717) is 6.42 Å². The molecule has 0 bridgehead atoms. The summed E-state index contributed by atoms with van der Waals surface area (Å²) < 4.78 is 0. The second kappa shape index (κ2) is 7.11. The first kappa shape index (κ1) is 13.8. The molecule has 1 rings (SSSR count). The summed E-state index contributed by atoms with van der Waals surface area (Å²) in [5.74, 6) is 0. The third-order valence-corrected chi connectivity index (χ3v) is 3.80. The molecule has 0 aliphatic rings. The van der Waals surface area contributed by atoms with Gasteiger partial charge in [-0.15, -0.1) is 0 Å². The van der Waals surface area contributed by atoms with Gasteiger partial charge in [-0.2, -0.15) is 0 Å². The third-order valence-electron chi connectivity index (χ3n) is 2.31. The zero-order chi connectivity index (χ0) is 12.0. The zero-order valence-corrected chi connectivity index (χ0v) is 11.0. The van der Waals surface area contributed by atoms with Gasteiger partial charge in [0.2, 0.25) is 0 Å². The fraction of sp³-hybridized carbons (Fsp3) is 0.417. The molecule has 2 atom stereocenters. The predicted octanol–water partition coefficient (Wildman–Crippen LogP) is 2.26.